The van der Waals surface area contributed by atoms with Crippen molar-refractivity contribution >= 4 is 18.0 Å². The number of amides is 2. The van der Waals surface area contributed by atoms with Crippen LogP contribution in [0.15, 0.2) is 48.5 Å². The summed E-state index contributed by atoms with van der Waals surface area (Å²) in [6.07, 6.45) is 0.807. The molecule has 2 aromatic rings. The van der Waals surface area contributed by atoms with Gasteiger partial charge in [0.25, 0.3) is 0 Å². The first-order chi connectivity index (χ1) is 16.5. The van der Waals surface area contributed by atoms with E-state index in [-0.39, 0.29) is 43.6 Å². The van der Waals surface area contributed by atoms with Crippen molar-refractivity contribution in [3.8, 4) is 11.1 Å². The number of carboxylic acid groups (broad SMARTS) is 1. The third-order valence-corrected chi connectivity index (χ3v) is 7.07. The van der Waals surface area contributed by atoms with Gasteiger partial charge in [0.15, 0.2) is 0 Å². The number of carboxylic acids is 1. The number of likely N-dealkylation sites (tertiary alicyclic amines) is 1. The molecule has 8 nitrogen and oxygen atoms in total. The van der Waals surface area contributed by atoms with Gasteiger partial charge in [0.05, 0.1) is 18.6 Å². The van der Waals surface area contributed by atoms with Gasteiger partial charge in [-0.25, -0.2) is 9.59 Å². The summed E-state index contributed by atoms with van der Waals surface area (Å²) in [5.74, 6) is -1.52. The van der Waals surface area contributed by atoms with Crippen molar-refractivity contribution < 1.29 is 29.0 Å². The van der Waals surface area contributed by atoms with E-state index in [1.54, 1.807) is 0 Å². The van der Waals surface area contributed by atoms with E-state index in [0.717, 1.165) is 11.1 Å². The predicted octanol–water partition coefficient (Wildman–Crippen LogP) is 3.01. The number of rotatable bonds is 6. The highest BCUT2D eigenvalue weighted by Crippen LogP contribution is 2.44. The molecule has 34 heavy (non-hydrogen) atoms. The number of ether oxygens (including phenoxy) is 2. The number of fused-ring (bicyclic) bond motifs is 3. The van der Waals surface area contributed by atoms with Crippen LogP contribution in [0.4, 0.5) is 4.79 Å². The van der Waals surface area contributed by atoms with E-state index in [9.17, 15) is 19.5 Å². The Hall–Kier alpha value is -3.39. The van der Waals surface area contributed by atoms with Crippen LogP contribution >= 0.6 is 0 Å². The molecule has 2 saturated heterocycles. The molecule has 0 radical (unpaired) electrons. The van der Waals surface area contributed by atoms with E-state index in [1.165, 1.54) is 16.0 Å². The van der Waals surface area contributed by atoms with E-state index < -0.39 is 18.1 Å². The fraction of sp³-hybridized carbons (Fsp3) is 0.423. The topological polar surface area (TPSA) is 105 Å². The number of aliphatic carboxylic acids is 1. The summed E-state index contributed by atoms with van der Waals surface area (Å²) in [5, 5.41) is 12.1. The zero-order valence-corrected chi connectivity index (χ0v) is 18.8. The molecule has 2 N–H and O–H groups in total. The average molecular weight is 465 g/mol. The quantitative estimate of drug-likeness (QED) is 0.681. The molecule has 0 spiro atoms. The summed E-state index contributed by atoms with van der Waals surface area (Å²) in [6.45, 7) is 1.18. The molecule has 178 valence electrons. The number of carbonyl (C=O) groups excluding carboxylic acids is 2. The SMILES string of the molecule is O=C(NC[C@@H]1C[C@H](C(=O)N2CCCC2C(=O)O)CO1)OCC1c2ccccc2-c2ccccc21. The maximum absolute atomic E-state index is 12.8. The zero-order chi connectivity index (χ0) is 23.7. The van der Waals surface area contributed by atoms with E-state index in [4.69, 9.17) is 9.47 Å². The lowest BCUT2D eigenvalue weighted by Gasteiger charge is -2.24. The second-order valence-electron chi connectivity index (χ2n) is 9.12. The van der Waals surface area contributed by atoms with Crippen molar-refractivity contribution in [2.45, 2.75) is 37.3 Å². The summed E-state index contributed by atoms with van der Waals surface area (Å²) in [5.41, 5.74) is 4.65. The van der Waals surface area contributed by atoms with Crippen LogP contribution in [0.1, 0.15) is 36.3 Å². The molecule has 2 heterocycles. The number of hydrogen-bond donors (Lipinski definition) is 2. The molecule has 2 aromatic carbocycles. The normalized spacial score (nSPS) is 23.4. The molecule has 3 aliphatic rings. The zero-order valence-electron chi connectivity index (χ0n) is 18.8. The smallest absolute Gasteiger partial charge is 0.407 e. The van der Waals surface area contributed by atoms with Crippen LogP contribution in [-0.4, -0.2) is 66.4 Å². The summed E-state index contributed by atoms with van der Waals surface area (Å²) in [4.78, 5) is 38.0. The Bertz CT molecular complexity index is 1060. The van der Waals surface area contributed by atoms with Gasteiger partial charge in [0.1, 0.15) is 12.6 Å². The van der Waals surface area contributed by atoms with Crippen molar-refractivity contribution in [3.63, 3.8) is 0 Å². The number of hydrogen-bond acceptors (Lipinski definition) is 5. The van der Waals surface area contributed by atoms with Gasteiger partial charge in [-0.05, 0) is 41.5 Å². The minimum atomic E-state index is -0.960. The van der Waals surface area contributed by atoms with Crippen LogP contribution in [0.3, 0.4) is 0 Å². The molecule has 0 aromatic heterocycles. The third kappa shape index (κ3) is 4.25. The van der Waals surface area contributed by atoms with Crippen molar-refractivity contribution in [2.75, 3.05) is 26.3 Å². The highest BCUT2D eigenvalue weighted by atomic mass is 16.5. The first kappa shape index (κ1) is 22.4. The molecule has 2 fully saturated rings. The Kier molecular flexibility index (Phi) is 6.24. The van der Waals surface area contributed by atoms with Gasteiger partial charge < -0.3 is 24.8 Å². The first-order valence-corrected chi connectivity index (χ1v) is 11.8. The second-order valence-corrected chi connectivity index (χ2v) is 9.12. The van der Waals surface area contributed by atoms with Crippen LogP contribution in [0, 0.1) is 5.92 Å². The number of carbonyl (C=O) groups is 3. The molecule has 0 saturated carbocycles. The molecule has 5 rings (SSSR count). The van der Waals surface area contributed by atoms with Gasteiger partial charge in [-0.3, -0.25) is 4.79 Å². The van der Waals surface area contributed by atoms with E-state index in [1.807, 2.05) is 24.3 Å². The molecular weight excluding hydrogens is 436 g/mol. The van der Waals surface area contributed by atoms with E-state index in [0.29, 0.717) is 25.8 Å². The summed E-state index contributed by atoms with van der Waals surface area (Å²) in [6, 6.07) is 15.6. The Balaban J connectivity index is 1.11. The lowest BCUT2D eigenvalue weighted by Crippen LogP contribution is -2.43. The highest BCUT2D eigenvalue weighted by Gasteiger charge is 2.40. The van der Waals surface area contributed by atoms with Gasteiger partial charge in [-0.15, -0.1) is 0 Å². The monoisotopic (exact) mass is 464 g/mol. The Morgan fingerprint density at radius 3 is 2.41 bits per heavy atom. The van der Waals surface area contributed by atoms with E-state index >= 15 is 0 Å². The van der Waals surface area contributed by atoms with Crippen molar-refractivity contribution in [3.05, 3.63) is 59.7 Å². The molecule has 2 amide bonds. The Labute approximate surface area is 197 Å². The minimum absolute atomic E-state index is 0.00877. The fourth-order valence-electron chi connectivity index (χ4n) is 5.39. The predicted molar refractivity (Wildman–Crippen MR) is 123 cm³/mol. The van der Waals surface area contributed by atoms with Crippen molar-refractivity contribution in [1.82, 2.24) is 10.2 Å². The fourth-order valence-corrected chi connectivity index (χ4v) is 5.39. The molecule has 1 aliphatic carbocycles. The van der Waals surface area contributed by atoms with Crippen LogP contribution in [0.5, 0.6) is 0 Å². The van der Waals surface area contributed by atoms with Crippen LogP contribution in [-0.2, 0) is 19.1 Å². The third-order valence-electron chi connectivity index (χ3n) is 7.07. The van der Waals surface area contributed by atoms with Gasteiger partial charge in [-0.1, -0.05) is 48.5 Å². The summed E-state index contributed by atoms with van der Waals surface area (Å²) >= 11 is 0. The summed E-state index contributed by atoms with van der Waals surface area (Å²) < 4.78 is 11.2. The molecule has 8 heteroatoms. The maximum atomic E-state index is 12.8. The molecule has 1 unspecified atom stereocenters. The molecule has 3 atom stereocenters. The number of alkyl carbamates (subject to hydrolysis) is 1. The van der Waals surface area contributed by atoms with Crippen molar-refractivity contribution in [2.24, 2.45) is 5.92 Å². The highest BCUT2D eigenvalue weighted by molar-refractivity contribution is 5.86. The van der Waals surface area contributed by atoms with Crippen LogP contribution in [0.25, 0.3) is 11.1 Å². The van der Waals surface area contributed by atoms with Gasteiger partial charge in [0.2, 0.25) is 5.91 Å². The number of benzene rings is 2. The van der Waals surface area contributed by atoms with Crippen LogP contribution in [0.2, 0.25) is 0 Å². The average Bonchev–Trinajstić information content (AvgIpc) is 3.59. The first-order valence-electron chi connectivity index (χ1n) is 11.8. The maximum Gasteiger partial charge on any atom is 0.407 e. The molecule has 2 aliphatic heterocycles. The van der Waals surface area contributed by atoms with Gasteiger partial charge in [-0.2, -0.15) is 0 Å². The lowest BCUT2D eigenvalue weighted by atomic mass is 9.98. The Morgan fingerprint density at radius 2 is 1.74 bits per heavy atom. The van der Waals surface area contributed by atoms with Gasteiger partial charge in [0, 0.05) is 19.0 Å². The number of nitrogens with one attached hydrogen (secondary N) is 1. The summed E-state index contributed by atoms with van der Waals surface area (Å²) in [7, 11) is 0. The Morgan fingerprint density at radius 1 is 1.06 bits per heavy atom. The van der Waals surface area contributed by atoms with Gasteiger partial charge >= 0.3 is 12.1 Å². The molecular formula is C26H28N2O6. The molecule has 0 bridgehead atoms. The lowest BCUT2D eigenvalue weighted by molar-refractivity contribution is -0.149. The van der Waals surface area contributed by atoms with Crippen molar-refractivity contribution in [1.29, 1.82) is 0 Å². The minimum Gasteiger partial charge on any atom is -0.480 e. The second kappa shape index (κ2) is 9.46. The van der Waals surface area contributed by atoms with E-state index in [2.05, 4.69) is 29.6 Å². The largest absolute Gasteiger partial charge is 0.480 e. The number of nitrogens with zero attached hydrogens (tertiary/aromatic N) is 1. The standard InChI is InChI=1S/C26H28N2O6/c29-24(28-11-5-10-23(28)25(30)31)16-12-17(33-14-16)13-27-26(32)34-15-22-20-8-3-1-6-18(20)19-7-2-4-9-21(19)22/h1-4,6-9,16-17,22-23H,5,10-15H2,(H,27,32)(H,30,31)/t16-,17-,23?/m0/s1. The van der Waals surface area contributed by atoms with Crippen LogP contribution < -0.4 is 5.32 Å².